The van der Waals surface area contributed by atoms with Crippen LogP contribution in [-0.4, -0.2) is 73.5 Å². The number of aliphatic imine (C=N–C) groups is 1. The Labute approximate surface area is 244 Å². The number of hydrogen-bond acceptors (Lipinski definition) is 8. The molecule has 0 N–H and O–H groups in total. The van der Waals surface area contributed by atoms with E-state index in [1.165, 1.54) is 19.3 Å². The van der Waals surface area contributed by atoms with E-state index in [1.54, 1.807) is 7.05 Å². The largest absolute Gasteiger partial charge is 0.461 e. The summed E-state index contributed by atoms with van der Waals surface area (Å²) in [5.41, 5.74) is 2.74. The van der Waals surface area contributed by atoms with Crippen molar-refractivity contribution in [3.63, 3.8) is 0 Å². The number of nitrogens with zero attached hydrogens (tertiary/aromatic N) is 2. The second kappa shape index (κ2) is 24.3. The van der Waals surface area contributed by atoms with Crippen molar-refractivity contribution in [2.75, 3.05) is 26.7 Å². The van der Waals surface area contributed by atoms with Crippen molar-refractivity contribution in [2.45, 2.75) is 131 Å². The monoisotopic (exact) mass is 566 g/mol. The summed E-state index contributed by atoms with van der Waals surface area (Å²) < 4.78 is 16.6. The quantitative estimate of drug-likeness (QED) is 0.0687. The normalized spacial score (nSPS) is 13.4. The van der Waals surface area contributed by atoms with Gasteiger partial charge in [0.2, 0.25) is 0 Å². The predicted molar refractivity (Wildman–Crippen MR) is 165 cm³/mol. The topological polar surface area (TPSA) is 94.5 Å². The zero-order chi connectivity index (χ0) is 31.1. The Balaban J connectivity index is 0. The van der Waals surface area contributed by atoms with Gasteiger partial charge in [0, 0.05) is 45.2 Å². The molecule has 8 nitrogen and oxygen atoms in total. The van der Waals surface area contributed by atoms with Gasteiger partial charge in [0.15, 0.2) is 0 Å². The van der Waals surface area contributed by atoms with Gasteiger partial charge in [-0.05, 0) is 60.8 Å². The van der Waals surface area contributed by atoms with Gasteiger partial charge in [0.1, 0.15) is 18.3 Å². The molecule has 0 radical (unpaired) electrons. The molecule has 232 valence electrons. The average Bonchev–Trinajstić information content (AvgIpc) is 2.85. The Morgan fingerprint density at radius 1 is 0.650 bits per heavy atom. The first kappa shape index (κ1) is 39.7. The smallest absolute Gasteiger partial charge is 0.306 e. The van der Waals surface area contributed by atoms with E-state index in [0.717, 1.165) is 16.9 Å². The predicted octanol–water partition coefficient (Wildman–Crippen LogP) is 6.86. The summed E-state index contributed by atoms with van der Waals surface area (Å²) in [4.78, 5) is 42.5. The molecular formula is C32H58N2O6. The van der Waals surface area contributed by atoms with Crippen molar-refractivity contribution in [1.29, 1.82) is 0 Å². The van der Waals surface area contributed by atoms with Gasteiger partial charge in [-0.25, -0.2) is 0 Å². The Morgan fingerprint density at radius 3 is 1.23 bits per heavy atom. The molecule has 0 aliphatic heterocycles. The summed E-state index contributed by atoms with van der Waals surface area (Å²) in [5.74, 6) is -0.863. The number of rotatable bonds is 20. The molecule has 0 aliphatic rings. The van der Waals surface area contributed by atoms with E-state index in [-0.39, 0.29) is 55.5 Å². The van der Waals surface area contributed by atoms with Gasteiger partial charge < -0.3 is 14.2 Å². The summed E-state index contributed by atoms with van der Waals surface area (Å²) in [5, 5.41) is 0. The maximum atomic E-state index is 12.2. The third-order valence-electron chi connectivity index (χ3n) is 5.84. The Bertz CT molecular complexity index is 750. The molecule has 3 atom stereocenters. The molecule has 0 aromatic rings. The highest BCUT2D eigenvalue weighted by molar-refractivity contribution is 5.85. The van der Waals surface area contributed by atoms with Crippen LogP contribution < -0.4 is 0 Å². The zero-order valence-electron chi connectivity index (χ0n) is 27.0. The Kier molecular flexibility index (Phi) is 24.1. The zero-order valence-corrected chi connectivity index (χ0v) is 27.0. The Morgan fingerprint density at radius 2 is 0.975 bits per heavy atom. The van der Waals surface area contributed by atoms with Gasteiger partial charge in [-0.1, -0.05) is 44.3 Å². The maximum absolute atomic E-state index is 12.2. The van der Waals surface area contributed by atoms with Crippen LogP contribution in [0.3, 0.4) is 0 Å². The molecule has 0 aliphatic carbocycles. The van der Waals surface area contributed by atoms with Crippen molar-refractivity contribution in [3.8, 4) is 0 Å². The van der Waals surface area contributed by atoms with Crippen LogP contribution >= 0.6 is 0 Å². The molecule has 0 amide bonds. The lowest BCUT2D eigenvalue weighted by Crippen LogP contribution is -2.43. The fraction of sp³-hybridized carbons (Fsp3) is 0.750. The highest BCUT2D eigenvalue weighted by Crippen LogP contribution is 2.10. The molecule has 0 spiro atoms. The highest BCUT2D eigenvalue weighted by Gasteiger charge is 2.22. The minimum Gasteiger partial charge on any atom is -0.461 e. The number of allylic oxidation sites excluding steroid dienone is 2. The minimum absolute atomic E-state index is 0.265. The number of unbranched alkanes of at least 4 members (excludes halogenated alkanes) is 2. The van der Waals surface area contributed by atoms with Crippen LogP contribution in [0, 0.1) is 0 Å². The minimum atomic E-state index is -0.390. The van der Waals surface area contributed by atoms with E-state index in [1.807, 2.05) is 46.4 Å². The van der Waals surface area contributed by atoms with Crippen molar-refractivity contribution in [2.24, 2.45) is 4.99 Å². The molecule has 0 saturated heterocycles. The lowest BCUT2D eigenvalue weighted by Gasteiger charge is -2.30. The first-order valence-corrected chi connectivity index (χ1v) is 14.8. The van der Waals surface area contributed by atoms with Crippen LogP contribution in [0.15, 0.2) is 29.3 Å². The summed E-state index contributed by atoms with van der Waals surface area (Å²) in [6.07, 6.45) is 5.47. The molecule has 8 heteroatoms. The van der Waals surface area contributed by atoms with E-state index < -0.39 is 0 Å². The molecular weight excluding hydrogens is 508 g/mol. The van der Waals surface area contributed by atoms with Gasteiger partial charge in [0.25, 0.3) is 0 Å². The van der Waals surface area contributed by atoms with Crippen molar-refractivity contribution in [3.05, 3.63) is 24.3 Å². The van der Waals surface area contributed by atoms with Gasteiger partial charge in [-0.2, -0.15) is 0 Å². The van der Waals surface area contributed by atoms with Crippen molar-refractivity contribution in [1.82, 2.24) is 4.90 Å². The van der Waals surface area contributed by atoms with Crippen LogP contribution in [0.2, 0.25) is 0 Å². The lowest BCUT2D eigenvalue weighted by atomic mass is 10.2. The molecule has 3 unspecified atom stereocenters. The molecule has 0 aromatic heterocycles. The first-order valence-electron chi connectivity index (χ1n) is 14.8. The number of carbonyl (C=O) groups is 3. The summed E-state index contributed by atoms with van der Waals surface area (Å²) in [6, 6.07) is 0. The molecule has 0 aromatic carbocycles. The first-order chi connectivity index (χ1) is 18.7. The van der Waals surface area contributed by atoms with Crippen LogP contribution in [-0.2, 0) is 28.6 Å². The highest BCUT2D eigenvalue weighted by atomic mass is 16.6. The van der Waals surface area contributed by atoms with E-state index in [4.69, 9.17) is 14.2 Å². The van der Waals surface area contributed by atoms with Gasteiger partial charge in [0.05, 0.1) is 6.42 Å². The molecule has 0 heterocycles. The molecule has 0 rings (SSSR count). The Hall–Kier alpha value is -2.48. The van der Waals surface area contributed by atoms with Gasteiger partial charge in [-0.15, -0.1) is 13.2 Å². The number of hydrogen-bond donors (Lipinski definition) is 0. The van der Waals surface area contributed by atoms with Crippen molar-refractivity contribution >= 4 is 23.6 Å². The van der Waals surface area contributed by atoms with Gasteiger partial charge >= 0.3 is 17.9 Å². The van der Waals surface area contributed by atoms with E-state index in [2.05, 4.69) is 32.0 Å². The van der Waals surface area contributed by atoms with Crippen molar-refractivity contribution < 1.29 is 28.6 Å². The SMILES string of the molecule is C=C(C)CCC(=O)OC(C)CN(CC(C)OC(=O)CCC(=C)C)CC(C)OC(=O)CCC(C)=NC.CCCCC. The van der Waals surface area contributed by atoms with Gasteiger partial charge in [-0.3, -0.25) is 24.3 Å². The fourth-order valence-corrected chi connectivity index (χ4v) is 3.66. The summed E-state index contributed by atoms with van der Waals surface area (Å²) in [7, 11) is 1.69. The van der Waals surface area contributed by atoms with E-state index >= 15 is 0 Å². The van der Waals surface area contributed by atoms with E-state index in [9.17, 15) is 14.4 Å². The lowest BCUT2D eigenvalue weighted by molar-refractivity contribution is -0.151. The third kappa shape index (κ3) is 25.8. The fourth-order valence-electron chi connectivity index (χ4n) is 3.66. The average molecular weight is 567 g/mol. The third-order valence-corrected chi connectivity index (χ3v) is 5.84. The molecule has 40 heavy (non-hydrogen) atoms. The molecule has 0 fully saturated rings. The van der Waals surface area contributed by atoms with Crippen LogP contribution in [0.4, 0.5) is 0 Å². The number of carbonyl (C=O) groups excluding carboxylic acids is 3. The standard InChI is InChI=1S/C27H46N2O6.C5H12/c1-19(2)10-13-25(30)33-22(6)16-29(17-23(7)34-26(31)14-11-20(3)4)18-24(8)35-27(32)15-12-21(5)28-9;1-3-5-4-2/h22-24H,1,3,10-18H2,2,4-9H3;3-5H2,1-2H3. The van der Waals surface area contributed by atoms with Crippen LogP contribution in [0.5, 0.6) is 0 Å². The van der Waals surface area contributed by atoms with Crippen LogP contribution in [0.1, 0.15) is 113 Å². The maximum Gasteiger partial charge on any atom is 0.306 e. The number of ether oxygens (including phenoxy) is 3. The van der Waals surface area contributed by atoms with Crippen LogP contribution in [0.25, 0.3) is 0 Å². The summed E-state index contributed by atoms with van der Waals surface area (Å²) >= 11 is 0. The second-order valence-electron chi connectivity index (χ2n) is 10.8. The summed E-state index contributed by atoms with van der Waals surface area (Å²) in [6.45, 7) is 24.3. The van der Waals surface area contributed by atoms with E-state index in [0.29, 0.717) is 38.9 Å². The molecule has 0 saturated carbocycles. The molecule has 0 bridgehead atoms. The number of esters is 3. The second-order valence-corrected chi connectivity index (χ2v) is 10.8.